The van der Waals surface area contributed by atoms with E-state index in [-0.39, 0.29) is 5.91 Å². The van der Waals surface area contributed by atoms with Crippen LogP contribution in [0.1, 0.15) is 46.0 Å². The molecule has 0 aromatic heterocycles. The van der Waals surface area contributed by atoms with Crippen molar-refractivity contribution in [1.82, 2.24) is 0 Å². The third-order valence-electron chi connectivity index (χ3n) is 4.04. The minimum atomic E-state index is -0.725. The summed E-state index contributed by atoms with van der Waals surface area (Å²) < 4.78 is 0. The van der Waals surface area contributed by atoms with Crippen molar-refractivity contribution in [2.24, 2.45) is 23.3 Å². The van der Waals surface area contributed by atoms with Gasteiger partial charge in [0.25, 0.3) is 0 Å². The van der Waals surface area contributed by atoms with Gasteiger partial charge in [0.1, 0.15) is 0 Å². The van der Waals surface area contributed by atoms with Gasteiger partial charge >= 0.3 is 0 Å². The highest BCUT2D eigenvalue weighted by Gasteiger charge is 2.43. The molecular weight excluding hydrogens is 232 g/mol. The highest BCUT2D eigenvalue weighted by atomic mass is 32.2. The zero-order chi connectivity index (χ0) is 12.9. The van der Waals surface area contributed by atoms with Crippen molar-refractivity contribution in [2.75, 3.05) is 11.5 Å². The number of carbonyl (C=O) groups is 1. The van der Waals surface area contributed by atoms with Gasteiger partial charge in [0.2, 0.25) is 5.91 Å². The Morgan fingerprint density at radius 3 is 2.88 bits per heavy atom. The lowest BCUT2D eigenvalue weighted by Gasteiger charge is -2.27. The monoisotopic (exact) mass is 258 g/mol. The normalized spacial score (nSPS) is 30.4. The summed E-state index contributed by atoms with van der Waals surface area (Å²) in [6.45, 7) is 4.50. The average molecular weight is 258 g/mol. The lowest BCUT2D eigenvalue weighted by atomic mass is 9.85. The van der Waals surface area contributed by atoms with Gasteiger partial charge in [-0.15, -0.1) is 0 Å². The molecule has 1 aliphatic rings. The maximum Gasteiger partial charge on any atom is 0.237 e. The maximum atomic E-state index is 11.4. The summed E-state index contributed by atoms with van der Waals surface area (Å²) >= 11 is 1.98. The molecule has 1 aliphatic carbocycles. The first-order valence-electron chi connectivity index (χ1n) is 6.67. The largest absolute Gasteiger partial charge is 0.368 e. The van der Waals surface area contributed by atoms with Crippen LogP contribution in [0.3, 0.4) is 0 Å². The third kappa shape index (κ3) is 3.88. The Hall–Kier alpha value is -0.220. The summed E-state index contributed by atoms with van der Waals surface area (Å²) in [6.07, 6.45) is 5.13. The Morgan fingerprint density at radius 1 is 1.59 bits per heavy atom. The molecular formula is C13H26N2OS. The van der Waals surface area contributed by atoms with Crippen LogP contribution in [0.5, 0.6) is 0 Å². The molecule has 0 bridgehead atoms. The Kier molecular flexibility index (Phi) is 5.80. The van der Waals surface area contributed by atoms with E-state index in [4.69, 9.17) is 11.5 Å². The van der Waals surface area contributed by atoms with Crippen molar-refractivity contribution < 1.29 is 4.79 Å². The van der Waals surface area contributed by atoms with Gasteiger partial charge in [0.05, 0.1) is 5.54 Å². The lowest BCUT2D eigenvalue weighted by Crippen LogP contribution is -2.54. The second-order valence-corrected chi connectivity index (χ2v) is 6.52. The standard InChI is InChI=1S/C13H26N2OS/c1-3-10(2)9-17-8-6-11-5-4-7-13(11,15)12(14)16/h10-11H,3-9,15H2,1-2H3,(H2,14,16). The number of carbonyl (C=O) groups excluding carboxylic acids is 1. The van der Waals surface area contributed by atoms with Crippen LogP contribution in [0.4, 0.5) is 0 Å². The molecule has 4 heteroatoms. The molecule has 3 nitrogen and oxygen atoms in total. The smallest absolute Gasteiger partial charge is 0.237 e. The Bertz CT molecular complexity index is 260. The predicted octanol–water partition coefficient (Wildman–Crippen LogP) is 2.14. The number of thioether (sulfide) groups is 1. The van der Waals surface area contributed by atoms with Crippen molar-refractivity contribution >= 4 is 17.7 Å². The van der Waals surface area contributed by atoms with Crippen LogP contribution < -0.4 is 11.5 Å². The summed E-state index contributed by atoms with van der Waals surface area (Å²) in [5.74, 6) is 3.07. The van der Waals surface area contributed by atoms with Crippen molar-refractivity contribution in [3.63, 3.8) is 0 Å². The van der Waals surface area contributed by atoms with E-state index < -0.39 is 5.54 Å². The summed E-state index contributed by atoms with van der Waals surface area (Å²) in [4.78, 5) is 11.4. The van der Waals surface area contributed by atoms with Gasteiger partial charge in [-0.3, -0.25) is 4.79 Å². The molecule has 100 valence electrons. The molecule has 0 aromatic rings. The predicted molar refractivity (Wildman–Crippen MR) is 74.9 cm³/mol. The average Bonchev–Trinajstić information content (AvgIpc) is 2.67. The molecule has 0 aromatic carbocycles. The van der Waals surface area contributed by atoms with Gasteiger partial charge in [0, 0.05) is 0 Å². The number of primary amides is 1. The van der Waals surface area contributed by atoms with E-state index in [1.807, 2.05) is 11.8 Å². The first-order valence-corrected chi connectivity index (χ1v) is 7.82. The van der Waals surface area contributed by atoms with Crippen LogP contribution in [0, 0.1) is 11.8 Å². The molecule has 0 aliphatic heterocycles. The molecule has 3 unspecified atom stereocenters. The van der Waals surface area contributed by atoms with Crippen molar-refractivity contribution in [3.05, 3.63) is 0 Å². The van der Waals surface area contributed by atoms with E-state index >= 15 is 0 Å². The van der Waals surface area contributed by atoms with Crippen molar-refractivity contribution in [1.29, 1.82) is 0 Å². The number of amides is 1. The van der Waals surface area contributed by atoms with E-state index in [9.17, 15) is 4.79 Å². The molecule has 1 amide bonds. The van der Waals surface area contributed by atoms with Gasteiger partial charge in [-0.1, -0.05) is 26.7 Å². The molecule has 1 rings (SSSR count). The Balaban J connectivity index is 2.29. The van der Waals surface area contributed by atoms with Gasteiger partial charge in [-0.05, 0) is 42.6 Å². The molecule has 0 spiro atoms. The second kappa shape index (κ2) is 6.64. The minimum Gasteiger partial charge on any atom is -0.368 e. The summed E-state index contributed by atoms with van der Waals surface area (Å²) in [5, 5.41) is 0. The first-order chi connectivity index (χ1) is 8.00. The van der Waals surface area contributed by atoms with E-state index in [0.29, 0.717) is 5.92 Å². The highest BCUT2D eigenvalue weighted by molar-refractivity contribution is 7.99. The Morgan fingerprint density at radius 2 is 2.29 bits per heavy atom. The van der Waals surface area contributed by atoms with E-state index in [1.165, 1.54) is 12.2 Å². The molecule has 3 atom stereocenters. The van der Waals surface area contributed by atoms with Gasteiger partial charge in [-0.25, -0.2) is 0 Å². The Labute approximate surface area is 109 Å². The number of rotatable bonds is 7. The first kappa shape index (κ1) is 14.8. The number of hydrogen-bond donors (Lipinski definition) is 2. The fourth-order valence-corrected chi connectivity index (χ4v) is 3.71. The van der Waals surface area contributed by atoms with Crippen LogP contribution in [-0.2, 0) is 4.79 Å². The van der Waals surface area contributed by atoms with Crippen LogP contribution in [0.15, 0.2) is 0 Å². The zero-order valence-electron chi connectivity index (χ0n) is 11.1. The van der Waals surface area contributed by atoms with E-state index in [1.54, 1.807) is 0 Å². The van der Waals surface area contributed by atoms with Crippen LogP contribution in [0.2, 0.25) is 0 Å². The van der Waals surface area contributed by atoms with Crippen LogP contribution >= 0.6 is 11.8 Å². The van der Waals surface area contributed by atoms with Gasteiger partial charge in [-0.2, -0.15) is 11.8 Å². The van der Waals surface area contributed by atoms with Crippen molar-refractivity contribution in [3.8, 4) is 0 Å². The highest BCUT2D eigenvalue weighted by Crippen LogP contribution is 2.36. The van der Waals surface area contributed by atoms with Gasteiger partial charge < -0.3 is 11.5 Å². The lowest BCUT2D eigenvalue weighted by molar-refractivity contribution is -0.124. The van der Waals surface area contributed by atoms with Crippen LogP contribution in [0.25, 0.3) is 0 Å². The molecule has 1 fully saturated rings. The maximum absolute atomic E-state index is 11.4. The molecule has 0 radical (unpaired) electrons. The third-order valence-corrected chi connectivity index (χ3v) is 5.37. The minimum absolute atomic E-state index is 0.296. The topological polar surface area (TPSA) is 69.1 Å². The zero-order valence-corrected chi connectivity index (χ0v) is 11.9. The molecule has 0 heterocycles. The molecule has 4 N–H and O–H groups in total. The fraction of sp³-hybridized carbons (Fsp3) is 0.923. The van der Waals surface area contributed by atoms with Crippen molar-refractivity contribution in [2.45, 2.75) is 51.5 Å². The molecule has 0 saturated heterocycles. The summed E-state index contributed by atoms with van der Waals surface area (Å²) in [7, 11) is 0. The van der Waals surface area contributed by atoms with E-state index in [0.717, 1.165) is 37.4 Å². The second-order valence-electron chi connectivity index (χ2n) is 5.37. The quantitative estimate of drug-likeness (QED) is 0.687. The SMILES string of the molecule is CCC(C)CSCCC1CCCC1(N)C(N)=O. The number of nitrogens with two attached hydrogens (primary N) is 2. The van der Waals surface area contributed by atoms with Crippen LogP contribution in [-0.4, -0.2) is 23.0 Å². The fourth-order valence-electron chi connectivity index (χ4n) is 2.46. The number of hydrogen-bond acceptors (Lipinski definition) is 3. The summed E-state index contributed by atoms with van der Waals surface area (Å²) in [6, 6.07) is 0. The van der Waals surface area contributed by atoms with E-state index in [2.05, 4.69) is 13.8 Å². The van der Waals surface area contributed by atoms with Gasteiger partial charge in [0.15, 0.2) is 0 Å². The summed E-state index contributed by atoms with van der Waals surface area (Å²) in [5.41, 5.74) is 10.8. The molecule has 17 heavy (non-hydrogen) atoms. The molecule has 1 saturated carbocycles.